The van der Waals surface area contributed by atoms with Crippen LogP contribution in [0.25, 0.3) is 0 Å². The third-order valence-electron chi connectivity index (χ3n) is 6.48. The van der Waals surface area contributed by atoms with E-state index in [1.807, 2.05) is 47.4 Å². The van der Waals surface area contributed by atoms with Crippen molar-refractivity contribution in [1.29, 1.82) is 0 Å². The molecule has 32 heavy (non-hydrogen) atoms. The summed E-state index contributed by atoms with van der Waals surface area (Å²) in [6.45, 7) is 1.90. The maximum atomic E-state index is 13.1. The summed E-state index contributed by atoms with van der Waals surface area (Å²) in [5.41, 5.74) is 4.28. The van der Waals surface area contributed by atoms with Crippen LogP contribution in [-0.4, -0.2) is 29.7 Å². The second-order valence-electron chi connectivity index (χ2n) is 8.49. The van der Waals surface area contributed by atoms with Crippen molar-refractivity contribution in [2.24, 2.45) is 0 Å². The zero-order valence-electron chi connectivity index (χ0n) is 17.7. The average molecular weight is 490 g/mol. The van der Waals surface area contributed by atoms with Gasteiger partial charge in [-0.05, 0) is 54.2 Å². The molecule has 1 saturated heterocycles. The molecule has 0 radical (unpaired) electrons. The summed E-state index contributed by atoms with van der Waals surface area (Å²) < 4.78 is 6.95. The average Bonchev–Trinajstić information content (AvgIpc) is 2.96. The highest BCUT2D eigenvalue weighted by Gasteiger charge is 2.26. The number of rotatable bonds is 3. The fourth-order valence-corrected chi connectivity index (χ4v) is 4.91. The second-order valence-corrected chi connectivity index (χ2v) is 9.40. The molecule has 0 aliphatic carbocycles. The first-order valence-corrected chi connectivity index (χ1v) is 11.8. The topological polar surface area (TPSA) is 46.6 Å². The van der Waals surface area contributed by atoms with Crippen molar-refractivity contribution >= 4 is 27.6 Å². The van der Waals surface area contributed by atoms with E-state index < -0.39 is 0 Å². The first kappa shape index (κ1) is 21.0. The number of carbonyl (C=O) groups excluding carboxylic acids is 2. The van der Waals surface area contributed by atoms with Crippen molar-refractivity contribution in [3.05, 3.63) is 99.0 Å². The van der Waals surface area contributed by atoms with Crippen LogP contribution >= 0.6 is 15.9 Å². The molecule has 0 N–H and O–H groups in total. The van der Waals surface area contributed by atoms with Gasteiger partial charge in [0.15, 0.2) is 5.78 Å². The van der Waals surface area contributed by atoms with E-state index in [1.165, 1.54) is 5.56 Å². The van der Waals surface area contributed by atoms with E-state index in [0.717, 1.165) is 41.5 Å². The summed E-state index contributed by atoms with van der Waals surface area (Å²) in [5, 5.41) is 0. The van der Waals surface area contributed by atoms with Crippen LogP contribution in [0.15, 0.2) is 71.2 Å². The minimum absolute atomic E-state index is 0.0438. The van der Waals surface area contributed by atoms with Gasteiger partial charge in [-0.15, -0.1) is 0 Å². The Balaban J connectivity index is 1.26. The van der Waals surface area contributed by atoms with Gasteiger partial charge in [0.2, 0.25) is 5.91 Å². The number of carbonyl (C=O) groups is 2. The predicted molar refractivity (Wildman–Crippen MR) is 127 cm³/mol. The largest absolute Gasteiger partial charge is 0.488 e. The zero-order chi connectivity index (χ0) is 22.1. The lowest BCUT2D eigenvalue weighted by molar-refractivity contribution is -0.131. The van der Waals surface area contributed by atoms with Crippen LogP contribution in [0.4, 0.5) is 0 Å². The smallest absolute Gasteiger partial charge is 0.226 e. The molecule has 2 aliphatic rings. The Morgan fingerprint density at radius 2 is 1.72 bits per heavy atom. The maximum Gasteiger partial charge on any atom is 0.226 e. The quantitative estimate of drug-likeness (QED) is 0.486. The van der Waals surface area contributed by atoms with Crippen LogP contribution in [0.3, 0.4) is 0 Å². The number of amides is 1. The number of piperidine rings is 1. The Morgan fingerprint density at radius 1 is 0.969 bits per heavy atom. The summed E-state index contributed by atoms with van der Waals surface area (Å²) in [6.07, 6.45) is 2.24. The van der Waals surface area contributed by atoms with Gasteiger partial charge in [-0.3, -0.25) is 9.59 Å². The lowest BCUT2D eigenvalue weighted by atomic mass is 9.89. The van der Waals surface area contributed by atoms with E-state index in [2.05, 4.69) is 40.2 Å². The Morgan fingerprint density at radius 3 is 2.50 bits per heavy atom. The van der Waals surface area contributed by atoms with E-state index in [0.29, 0.717) is 35.8 Å². The zero-order valence-corrected chi connectivity index (χ0v) is 19.3. The molecule has 3 aromatic carbocycles. The Bertz CT molecular complexity index is 1160. The molecule has 0 aromatic heterocycles. The maximum absolute atomic E-state index is 13.1. The van der Waals surface area contributed by atoms with Gasteiger partial charge in [-0.1, -0.05) is 58.4 Å². The van der Waals surface area contributed by atoms with E-state index >= 15 is 0 Å². The van der Waals surface area contributed by atoms with Gasteiger partial charge < -0.3 is 9.64 Å². The van der Waals surface area contributed by atoms with Crippen LogP contribution in [-0.2, 0) is 17.8 Å². The van der Waals surface area contributed by atoms with E-state index in [1.54, 1.807) is 0 Å². The molecule has 162 valence electrons. The Hall–Kier alpha value is -2.92. The fourth-order valence-electron chi connectivity index (χ4n) is 4.64. The molecule has 0 spiro atoms. The molecule has 2 aliphatic heterocycles. The molecule has 1 amide bonds. The van der Waals surface area contributed by atoms with Crippen molar-refractivity contribution in [2.45, 2.75) is 31.8 Å². The molecule has 0 saturated carbocycles. The third kappa shape index (κ3) is 4.22. The van der Waals surface area contributed by atoms with Crippen LogP contribution in [0.1, 0.15) is 51.4 Å². The number of nitrogens with zero attached hydrogens (tertiary/aromatic N) is 1. The van der Waals surface area contributed by atoms with Crippen molar-refractivity contribution in [3.63, 3.8) is 0 Å². The lowest BCUT2D eigenvalue weighted by Crippen LogP contribution is -2.38. The van der Waals surface area contributed by atoms with Gasteiger partial charge in [0.05, 0.1) is 12.0 Å². The van der Waals surface area contributed by atoms with Gasteiger partial charge in [0, 0.05) is 28.7 Å². The van der Waals surface area contributed by atoms with Crippen molar-refractivity contribution in [2.75, 3.05) is 13.1 Å². The highest BCUT2D eigenvalue weighted by atomic mass is 79.9. The number of hydrogen-bond donors (Lipinski definition) is 0. The summed E-state index contributed by atoms with van der Waals surface area (Å²) in [7, 11) is 0. The molecule has 5 heteroatoms. The van der Waals surface area contributed by atoms with Crippen molar-refractivity contribution in [1.82, 2.24) is 4.90 Å². The van der Waals surface area contributed by atoms with E-state index in [-0.39, 0.29) is 11.7 Å². The number of benzene rings is 3. The lowest BCUT2D eigenvalue weighted by Gasteiger charge is -2.32. The summed E-state index contributed by atoms with van der Waals surface area (Å²) in [6, 6.07) is 21.6. The summed E-state index contributed by atoms with van der Waals surface area (Å²) in [5.74, 6) is 1.14. The summed E-state index contributed by atoms with van der Waals surface area (Å²) in [4.78, 5) is 28.0. The van der Waals surface area contributed by atoms with Crippen LogP contribution in [0.2, 0.25) is 0 Å². The number of ether oxygens (including phenoxy) is 1. The molecule has 2 heterocycles. The standard InChI is InChI=1S/C27H24BrNO3/c28-22-8-6-19(7-9-22)20-11-13-29(14-12-20)26(30)16-18-5-10-25-24(15-18)27(31)23-4-2-1-3-21(23)17-32-25/h1-10,15,20H,11-14,16-17H2. The molecule has 5 rings (SSSR count). The molecule has 1 fully saturated rings. The Labute approximate surface area is 196 Å². The highest BCUT2D eigenvalue weighted by molar-refractivity contribution is 9.10. The van der Waals surface area contributed by atoms with Crippen LogP contribution in [0, 0.1) is 0 Å². The number of likely N-dealkylation sites (tertiary alicyclic amines) is 1. The SMILES string of the molecule is O=C1c2ccccc2COc2ccc(CC(=O)N3CCC(c4ccc(Br)cc4)CC3)cc21. The highest BCUT2D eigenvalue weighted by Crippen LogP contribution is 2.31. The third-order valence-corrected chi connectivity index (χ3v) is 7.01. The molecule has 0 bridgehead atoms. The van der Waals surface area contributed by atoms with E-state index in [9.17, 15) is 9.59 Å². The Kier molecular flexibility index (Phi) is 5.83. The fraction of sp³-hybridized carbons (Fsp3) is 0.259. The van der Waals surface area contributed by atoms with E-state index in [4.69, 9.17) is 4.74 Å². The van der Waals surface area contributed by atoms with Gasteiger partial charge in [0.25, 0.3) is 0 Å². The number of hydrogen-bond acceptors (Lipinski definition) is 3. The minimum Gasteiger partial charge on any atom is -0.488 e. The molecule has 3 aromatic rings. The van der Waals surface area contributed by atoms with Crippen LogP contribution in [0.5, 0.6) is 5.75 Å². The van der Waals surface area contributed by atoms with Gasteiger partial charge >= 0.3 is 0 Å². The number of ketones is 1. The molecule has 0 atom stereocenters. The first-order valence-electron chi connectivity index (χ1n) is 11.0. The second kappa shape index (κ2) is 8.91. The summed E-state index contributed by atoms with van der Waals surface area (Å²) >= 11 is 3.49. The minimum atomic E-state index is -0.0438. The van der Waals surface area contributed by atoms with Gasteiger partial charge in [-0.2, -0.15) is 0 Å². The van der Waals surface area contributed by atoms with Crippen molar-refractivity contribution < 1.29 is 14.3 Å². The molecular weight excluding hydrogens is 466 g/mol. The van der Waals surface area contributed by atoms with Gasteiger partial charge in [0.1, 0.15) is 12.4 Å². The van der Waals surface area contributed by atoms with Gasteiger partial charge in [-0.25, -0.2) is 0 Å². The van der Waals surface area contributed by atoms with Crippen LogP contribution < -0.4 is 4.74 Å². The molecular formula is C27H24BrNO3. The number of halogens is 1. The van der Waals surface area contributed by atoms with Crippen molar-refractivity contribution in [3.8, 4) is 5.75 Å². The predicted octanol–water partition coefficient (Wildman–Crippen LogP) is 5.52. The number of fused-ring (bicyclic) bond motifs is 2. The normalized spacial score (nSPS) is 16.0. The molecule has 0 unspecified atom stereocenters. The monoisotopic (exact) mass is 489 g/mol. The first-order chi connectivity index (χ1) is 15.6. The molecule has 4 nitrogen and oxygen atoms in total.